The molecule has 0 saturated carbocycles. The summed E-state index contributed by atoms with van der Waals surface area (Å²) in [6.45, 7) is 8.38. The first-order valence-electron chi connectivity index (χ1n) is 5.80. The molecule has 2 rings (SSSR count). The zero-order valence-corrected chi connectivity index (χ0v) is 9.29. The number of nitrogens with one attached hydrogen (secondary N) is 1. The van der Waals surface area contributed by atoms with Crippen LogP contribution in [0.3, 0.4) is 0 Å². The van der Waals surface area contributed by atoms with Crippen LogP contribution in [0, 0.1) is 5.92 Å². The number of piperidine rings is 1. The van der Waals surface area contributed by atoms with E-state index in [2.05, 4.69) is 24.1 Å². The Morgan fingerprint density at radius 1 is 1.43 bits per heavy atom. The summed E-state index contributed by atoms with van der Waals surface area (Å²) in [6.07, 6.45) is 2.17. The molecule has 14 heavy (non-hydrogen) atoms. The fourth-order valence-electron chi connectivity index (χ4n) is 2.60. The van der Waals surface area contributed by atoms with Gasteiger partial charge in [0, 0.05) is 25.7 Å². The van der Waals surface area contributed by atoms with E-state index >= 15 is 0 Å². The molecule has 2 heterocycles. The number of nitrogens with zero attached hydrogens (tertiary/aromatic N) is 1. The van der Waals surface area contributed by atoms with E-state index in [-0.39, 0.29) is 5.60 Å². The molecule has 2 saturated heterocycles. The van der Waals surface area contributed by atoms with Crippen molar-refractivity contribution < 1.29 is 5.11 Å². The predicted octanol–water partition coefficient (Wildman–Crippen LogP) is 0.441. The van der Waals surface area contributed by atoms with E-state index in [9.17, 15) is 5.11 Å². The van der Waals surface area contributed by atoms with Gasteiger partial charge in [-0.25, -0.2) is 0 Å². The SMILES string of the molecule is CCC1(O)CN(C2CNCC(C)C2)C1. The summed E-state index contributed by atoms with van der Waals surface area (Å²) >= 11 is 0. The van der Waals surface area contributed by atoms with Crippen molar-refractivity contribution in [3.05, 3.63) is 0 Å². The van der Waals surface area contributed by atoms with E-state index in [0.29, 0.717) is 6.04 Å². The van der Waals surface area contributed by atoms with Crippen molar-refractivity contribution in [3.8, 4) is 0 Å². The third kappa shape index (κ3) is 1.95. The molecule has 3 heteroatoms. The normalized spacial score (nSPS) is 37.9. The second kappa shape index (κ2) is 3.80. The van der Waals surface area contributed by atoms with Gasteiger partial charge in [0.25, 0.3) is 0 Å². The van der Waals surface area contributed by atoms with Crippen molar-refractivity contribution in [3.63, 3.8) is 0 Å². The van der Waals surface area contributed by atoms with Crippen LogP contribution in [0.1, 0.15) is 26.7 Å². The highest BCUT2D eigenvalue weighted by molar-refractivity contribution is 4.98. The summed E-state index contributed by atoms with van der Waals surface area (Å²) in [5, 5.41) is 13.4. The highest BCUT2D eigenvalue weighted by Gasteiger charge is 2.43. The minimum atomic E-state index is -0.374. The molecule has 2 unspecified atom stereocenters. The van der Waals surface area contributed by atoms with E-state index in [1.165, 1.54) is 6.42 Å². The van der Waals surface area contributed by atoms with Crippen molar-refractivity contribution in [2.45, 2.75) is 38.3 Å². The highest BCUT2D eigenvalue weighted by Crippen LogP contribution is 2.28. The van der Waals surface area contributed by atoms with Crippen molar-refractivity contribution in [1.82, 2.24) is 10.2 Å². The number of aliphatic hydroxyl groups is 1. The summed E-state index contributed by atoms with van der Waals surface area (Å²) in [6, 6.07) is 0.658. The Bertz CT molecular complexity index is 201. The second-order valence-corrected chi connectivity index (χ2v) is 5.14. The van der Waals surface area contributed by atoms with Gasteiger partial charge in [-0.05, 0) is 25.3 Å². The second-order valence-electron chi connectivity index (χ2n) is 5.14. The molecule has 0 spiro atoms. The molecule has 82 valence electrons. The third-order valence-corrected chi connectivity index (χ3v) is 3.72. The standard InChI is InChI=1S/C11H22N2O/c1-3-11(14)7-13(8-11)10-4-9(2)5-12-6-10/h9-10,12,14H,3-8H2,1-2H3. The maximum absolute atomic E-state index is 9.92. The van der Waals surface area contributed by atoms with Crippen LogP contribution >= 0.6 is 0 Å². The zero-order chi connectivity index (χ0) is 10.2. The molecule has 0 aromatic heterocycles. The largest absolute Gasteiger partial charge is 0.387 e. The van der Waals surface area contributed by atoms with Crippen molar-refractivity contribution in [2.75, 3.05) is 26.2 Å². The number of likely N-dealkylation sites (tertiary alicyclic amines) is 1. The molecule has 2 fully saturated rings. The highest BCUT2D eigenvalue weighted by atomic mass is 16.3. The van der Waals surface area contributed by atoms with E-state index in [1.807, 2.05) is 0 Å². The van der Waals surface area contributed by atoms with Gasteiger partial charge in [0.2, 0.25) is 0 Å². The number of hydrogen-bond acceptors (Lipinski definition) is 3. The number of β-amino-alcohol motifs (C(OH)–C–C–N with tert-alkyl or cyclic N) is 1. The van der Waals surface area contributed by atoms with E-state index in [1.54, 1.807) is 0 Å². The molecular weight excluding hydrogens is 176 g/mol. The third-order valence-electron chi connectivity index (χ3n) is 3.72. The molecule has 0 aromatic rings. The quantitative estimate of drug-likeness (QED) is 0.676. The molecule has 0 aliphatic carbocycles. The van der Waals surface area contributed by atoms with Crippen LogP contribution in [0.2, 0.25) is 0 Å². The average Bonchev–Trinajstić information content (AvgIpc) is 2.13. The first-order chi connectivity index (χ1) is 6.63. The van der Waals surface area contributed by atoms with Gasteiger partial charge in [-0.2, -0.15) is 0 Å². The van der Waals surface area contributed by atoms with Crippen molar-refractivity contribution >= 4 is 0 Å². The smallest absolute Gasteiger partial charge is 0.0897 e. The minimum absolute atomic E-state index is 0.374. The lowest BCUT2D eigenvalue weighted by Gasteiger charge is -2.51. The predicted molar refractivity (Wildman–Crippen MR) is 57.3 cm³/mol. The molecule has 0 aromatic carbocycles. The lowest BCUT2D eigenvalue weighted by molar-refractivity contribution is -0.121. The van der Waals surface area contributed by atoms with Crippen molar-refractivity contribution in [1.29, 1.82) is 0 Å². The Balaban J connectivity index is 1.81. The van der Waals surface area contributed by atoms with Crippen LogP contribution in [-0.2, 0) is 0 Å². The summed E-state index contributed by atoms with van der Waals surface area (Å²) < 4.78 is 0. The van der Waals surface area contributed by atoms with Crippen LogP contribution in [-0.4, -0.2) is 47.8 Å². The van der Waals surface area contributed by atoms with Crippen LogP contribution < -0.4 is 5.32 Å². The topological polar surface area (TPSA) is 35.5 Å². The van der Waals surface area contributed by atoms with Gasteiger partial charge in [-0.1, -0.05) is 13.8 Å². The van der Waals surface area contributed by atoms with E-state index < -0.39 is 0 Å². The fourth-order valence-corrected chi connectivity index (χ4v) is 2.60. The van der Waals surface area contributed by atoms with Gasteiger partial charge in [0.15, 0.2) is 0 Å². The van der Waals surface area contributed by atoms with Gasteiger partial charge in [0.05, 0.1) is 5.60 Å². The Hall–Kier alpha value is -0.120. The lowest BCUT2D eigenvalue weighted by atomic mass is 9.86. The number of rotatable bonds is 2. The zero-order valence-electron chi connectivity index (χ0n) is 9.29. The lowest BCUT2D eigenvalue weighted by Crippen LogP contribution is -2.66. The molecule has 2 aliphatic rings. The fraction of sp³-hybridized carbons (Fsp3) is 1.00. The Morgan fingerprint density at radius 3 is 2.71 bits per heavy atom. The first-order valence-corrected chi connectivity index (χ1v) is 5.80. The van der Waals surface area contributed by atoms with E-state index in [4.69, 9.17) is 0 Å². The maximum atomic E-state index is 9.92. The van der Waals surface area contributed by atoms with Gasteiger partial charge < -0.3 is 10.4 Å². The monoisotopic (exact) mass is 198 g/mol. The molecule has 0 amide bonds. The Morgan fingerprint density at radius 2 is 2.14 bits per heavy atom. The molecule has 2 N–H and O–H groups in total. The first kappa shape index (κ1) is 10.4. The molecule has 2 aliphatic heterocycles. The minimum Gasteiger partial charge on any atom is -0.387 e. The molecule has 0 radical (unpaired) electrons. The van der Waals surface area contributed by atoms with Crippen LogP contribution in [0.4, 0.5) is 0 Å². The summed E-state index contributed by atoms with van der Waals surface area (Å²) in [4.78, 5) is 2.42. The van der Waals surface area contributed by atoms with Gasteiger partial charge in [-0.15, -0.1) is 0 Å². The van der Waals surface area contributed by atoms with Crippen LogP contribution in [0.25, 0.3) is 0 Å². The molecule has 2 atom stereocenters. The van der Waals surface area contributed by atoms with Crippen LogP contribution in [0.15, 0.2) is 0 Å². The van der Waals surface area contributed by atoms with Crippen LogP contribution in [0.5, 0.6) is 0 Å². The van der Waals surface area contributed by atoms with Gasteiger partial charge >= 0.3 is 0 Å². The van der Waals surface area contributed by atoms with E-state index in [0.717, 1.165) is 38.5 Å². The number of hydrogen-bond donors (Lipinski definition) is 2. The average molecular weight is 198 g/mol. The maximum Gasteiger partial charge on any atom is 0.0897 e. The summed E-state index contributed by atoms with van der Waals surface area (Å²) in [7, 11) is 0. The molecular formula is C11H22N2O. The van der Waals surface area contributed by atoms with Gasteiger partial charge in [0.1, 0.15) is 0 Å². The molecule has 0 bridgehead atoms. The Labute approximate surface area is 86.5 Å². The van der Waals surface area contributed by atoms with Crippen molar-refractivity contribution in [2.24, 2.45) is 5.92 Å². The summed E-state index contributed by atoms with van der Waals surface area (Å²) in [5.41, 5.74) is -0.374. The molecule has 3 nitrogen and oxygen atoms in total. The summed E-state index contributed by atoms with van der Waals surface area (Å²) in [5.74, 6) is 0.782. The van der Waals surface area contributed by atoms with Gasteiger partial charge in [-0.3, -0.25) is 4.90 Å². The Kier molecular flexibility index (Phi) is 2.82.